The van der Waals surface area contributed by atoms with E-state index >= 15 is 0 Å². The summed E-state index contributed by atoms with van der Waals surface area (Å²) in [6.45, 7) is 8.85. The van der Waals surface area contributed by atoms with Crippen molar-refractivity contribution in [2.75, 3.05) is 0 Å². The number of aryl methyl sites for hydroxylation is 1. The molecular weight excluding hydrogens is 168 g/mol. The lowest BCUT2D eigenvalue weighted by Gasteiger charge is -2.16. The minimum absolute atomic E-state index is 0.654. The van der Waals surface area contributed by atoms with Crippen molar-refractivity contribution in [3.63, 3.8) is 0 Å². The molecule has 1 unspecified atom stereocenters. The van der Waals surface area contributed by atoms with Crippen molar-refractivity contribution in [3.8, 4) is 0 Å². The van der Waals surface area contributed by atoms with E-state index < -0.39 is 0 Å². The van der Waals surface area contributed by atoms with Gasteiger partial charge in [-0.25, -0.2) is 0 Å². The molecule has 1 aromatic carbocycles. The standard InChI is InChI=1S/C14H20/c1-5-11(3)13(6-2)14-10-8-7-9-12(14)4/h6-11H,5H2,1-4H3/b13-6-. The van der Waals surface area contributed by atoms with E-state index in [2.05, 4.69) is 58.0 Å². The van der Waals surface area contributed by atoms with Crippen LogP contribution in [-0.2, 0) is 0 Å². The number of benzene rings is 1. The zero-order valence-corrected chi connectivity index (χ0v) is 9.67. The molecule has 0 aliphatic rings. The van der Waals surface area contributed by atoms with E-state index in [9.17, 15) is 0 Å². The smallest absolute Gasteiger partial charge is 0.0190 e. The first kappa shape index (κ1) is 11.0. The topological polar surface area (TPSA) is 0 Å². The zero-order valence-electron chi connectivity index (χ0n) is 9.67. The summed E-state index contributed by atoms with van der Waals surface area (Å²) < 4.78 is 0. The Balaban J connectivity index is 3.08. The molecule has 0 heteroatoms. The SMILES string of the molecule is C/C=C(\c1ccccc1C)C(C)CC. The molecule has 0 aromatic heterocycles. The van der Waals surface area contributed by atoms with E-state index in [4.69, 9.17) is 0 Å². The lowest BCUT2D eigenvalue weighted by atomic mass is 9.89. The minimum Gasteiger partial charge on any atom is -0.0836 e. The first-order valence-corrected chi connectivity index (χ1v) is 5.42. The van der Waals surface area contributed by atoms with Crippen LogP contribution >= 0.6 is 0 Å². The number of allylic oxidation sites excluding steroid dienone is 2. The molecule has 0 bridgehead atoms. The molecule has 1 aromatic rings. The van der Waals surface area contributed by atoms with Gasteiger partial charge in [-0.1, -0.05) is 44.2 Å². The Morgan fingerprint density at radius 2 is 2.00 bits per heavy atom. The van der Waals surface area contributed by atoms with E-state index in [1.807, 2.05) is 0 Å². The summed E-state index contributed by atoms with van der Waals surface area (Å²) in [5.74, 6) is 0.654. The third-order valence-electron chi connectivity index (χ3n) is 2.91. The van der Waals surface area contributed by atoms with Crippen LogP contribution in [-0.4, -0.2) is 0 Å². The Kier molecular flexibility index (Phi) is 3.94. The summed E-state index contributed by atoms with van der Waals surface area (Å²) in [7, 11) is 0. The van der Waals surface area contributed by atoms with Gasteiger partial charge in [0.1, 0.15) is 0 Å². The lowest BCUT2D eigenvalue weighted by Crippen LogP contribution is -1.98. The van der Waals surface area contributed by atoms with Crippen molar-refractivity contribution in [1.82, 2.24) is 0 Å². The second-order valence-corrected chi connectivity index (χ2v) is 3.87. The monoisotopic (exact) mass is 188 g/mol. The fourth-order valence-corrected chi connectivity index (χ4v) is 1.82. The summed E-state index contributed by atoms with van der Waals surface area (Å²) in [5, 5.41) is 0. The van der Waals surface area contributed by atoms with Crippen molar-refractivity contribution < 1.29 is 0 Å². The summed E-state index contributed by atoms with van der Waals surface area (Å²) in [5.41, 5.74) is 4.26. The molecule has 0 nitrogen and oxygen atoms in total. The highest BCUT2D eigenvalue weighted by molar-refractivity contribution is 5.69. The van der Waals surface area contributed by atoms with Crippen LogP contribution in [0.1, 0.15) is 38.3 Å². The Hall–Kier alpha value is -1.04. The summed E-state index contributed by atoms with van der Waals surface area (Å²) in [6.07, 6.45) is 3.45. The average molecular weight is 188 g/mol. The normalized spacial score (nSPS) is 14.1. The predicted octanol–water partition coefficient (Wildman–Crippen LogP) is 4.44. The Labute approximate surface area is 87.7 Å². The predicted molar refractivity (Wildman–Crippen MR) is 64.3 cm³/mol. The largest absolute Gasteiger partial charge is 0.0836 e. The second-order valence-electron chi connectivity index (χ2n) is 3.87. The van der Waals surface area contributed by atoms with Gasteiger partial charge >= 0.3 is 0 Å². The van der Waals surface area contributed by atoms with Gasteiger partial charge in [-0.15, -0.1) is 0 Å². The van der Waals surface area contributed by atoms with Crippen LogP contribution in [0.4, 0.5) is 0 Å². The van der Waals surface area contributed by atoms with Crippen LogP contribution in [0.3, 0.4) is 0 Å². The zero-order chi connectivity index (χ0) is 10.6. The van der Waals surface area contributed by atoms with Crippen LogP contribution in [0, 0.1) is 12.8 Å². The van der Waals surface area contributed by atoms with Gasteiger partial charge in [-0.2, -0.15) is 0 Å². The van der Waals surface area contributed by atoms with Crippen molar-refractivity contribution in [3.05, 3.63) is 41.5 Å². The molecule has 0 saturated heterocycles. The van der Waals surface area contributed by atoms with E-state index in [1.165, 1.54) is 23.1 Å². The third-order valence-corrected chi connectivity index (χ3v) is 2.91. The van der Waals surface area contributed by atoms with Crippen LogP contribution in [0.15, 0.2) is 30.3 Å². The van der Waals surface area contributed by atoms with E-state index in [1.54, 1.807) is 0 Å². The molecule has 0 heterocycles. The number of hydrogen-bond acceptors (Lipinski definition) is 0. The molecule has 0 N–H and O–H groups in total. The van der Waals surface area contributed by atoms with Crippen LogP contribution < -0.4 is 0 Å². The van der Waals surface area contributed by atoms with Crippen molar-refractivity contribution in [2.24, 2.45) is 5.92 Å². The molecule has 0 saturated carbocycles. The molecule has 76 valence electrons. The van der Waals surface area contributed by atoms with Crippen LogP contribution in [0.5, 0.6) is 0 Å². The quantitative estimate of drug-likeness (QED) is 0.657. The van der Waals surface area contributed by atoms with Crippen molar-refractivity contribution in [1.29, 1.82) is 0 Å². The van der Waals surface area contributed by atoms with Crippen molar-refractivity contribution >= 4 is 5.57 Å². The number of hydrogen-bond donors (Lipinski definition) is 0. The van der Waals surface area contributed by atoms with Gasteiger partial charge in [0.2, 0.25) is 0 Å². The van der Waals surface area contributed by atoms with Crippen LogP contribution in [0.2, 0.25) is 0 Å². The summed E-state index contributed by atoms with van der Waals surface area (Å²) in [6, 6.07) is 8.62. The third kappa shape index (κ3) is 2.25. The fourth-order valence-electron chi connectivity index (χ4n) is 1.82. The molecule has 0 spiro atoms. The highest BCUT2D eigenvalue weighted by atomic mass is 14.1. The highest BCUT2D eigenvalue weighted by Crippen LogP contribution is 2.27. The maximum absolute atomic E-state index is 2.29. The van der Waals surface area contributed by atoms with Gasteiger partial charge < -0.3 is 0 Å². The van der Waals surface area contributed by atoms with Crippen molar-refractivity contribution in [2.45, 2.75) is 34.1 Å². The van der Waals surface area contributed by atoms with Gasteiger partial charge in [0.25, 0.3) is 0 Å². The minimum atomic E-state index is 0.654. The lowest BCUT2D eigenvalue weighted by molar-refractivity contribution is 0.716. The summed E-state index contributed by atoms with van der Waals surface area (Å²) in [4.78, 5) is 0. The molecule has 1 atom stereocenters. The van der Waals surface area contributed by atoms with E-state index in [0.29, 0.717) is 5.92 Å². The fraction of sp³-hybridized carbons (Fsp3) is 0.429. The molecule has 1 rings (SSSR count). The van der Waals surface area contributed by atoms with Gasteiger partial charge in [-0.3, -0.25) is 0 Å². The Morgan fingerprint density at radius 1 is 1.36 bits per heavy atom. The highest BCUT2D eigenvalue weighted by Gasteiger charge is 2.09. The summed E-state index contributed by atoms with van der Waals surface area (Å²) >= 11 is 0. The molecule has 14 heavy (non-hydrogen) atoms. The molecular formula is C14H20. The van der Waals surface area contributed by atoms with Crippen LogP contribution in [0.25, 0.3) is 5.57 Å². The molecule has 0 fully saturated rings. The maximum atomic E-state index is 2.29. The molecule has 0 amide bonds. The Morgan fingerprint density at radius 3 is 2.50 bits per heavy atom. The molecule has 0 aliphatic heterocycles. The maximum Gasteiger partial charge on any atom is -0.0190 e. The first-order valence-electron chi connectivity index (χ1n) is 5.42. The first-order chi connectivity index (χ1) is 6.70. The van der Waals surface area contributed by atoms with E-state index in [-0.39, 0.29) is 0 Å². The number of rotatable bonds is 3. The Bertz CT molecular complexity index is 321. The van der Waals surface area contributed by atoms with E-state index in [0.717, 1.165) is 0 Å². The van der Waals surface area contributed by atoms with Gasteiger partial charge in [0.05, 0.1) is 0 Å². The average Bonchev–Trinajstić information content (AvgIpc) is 2.21. The van der Waals surface area contributed by atoms with Gasteiger partial charge in [-0.05, 0) is 42.9 Å². The van der Waals surface area contributed by atoms with Gasteiger partial charge in [0, 0.05) is 0 Å². The second kappa shape index (κ2) is 4.99. The van der Waals surface area contributed by atoms with Gasteiger partial charge in [0.15, 0.2) is 0 Å². The molecule has 0 aliphatic carbocycles. The molecule has 0 radical (unpaired) electrons.